The highest BCUT2D eigenvalue weighted by atomic mass is 32.1. The van der Waals surface area contributed by atoms with E-state index in [2.05, 4.69) is 34.7 Å². The molecule has 0 fully saturated rings. The van der Waals surface area contributed by atoms with Gasteiger partial charge in [0.15, 0.2) is 5.13 Å². The number of nitrogens with zero attached hydrogens (tertiary/aromatic N) is 1. The second-order valence-electron chi connectivity index (χ2n) is 5.83. The van der Waals surface area contributed by atoms with Gasteiger partial charge in [-0.1, -0.05) is 23.5 Å². The molecule has 0 aliphatic rings. The molecule has 2 aromatic carbocycles. The first-order chi connectivity index (χ1) is 10.9. The molecule has 5 heteroatoms. The number of nitrogens with one attached hydrogen (secondary N) is 2. The number of aryl methyl sites for hydroxylation is 4. The minimum atomic E-state index is -0.276. The first kappa shape index (κ1) is 15.5. The lowest BCUT2D eigenvalue weighted by Gasteiger charge is -2.07. The van der Waals surface area contributed by atoms with Gasteiger partial charge in [-0.05, 0) is 68.1 Å². The first-order valence-electron chi connectivity index (χ1n) is 7.45. The average Bonchev–Trinajstić information content (AvgIpc) is 2.85. The molecule has 0 spiro atoms. The first-order valence-corrected chi connectivity index (χ1v) is 8.27. The van der Waals surface area contributed by atoms with Gasteiger partial charge >= 0.3 is 6.03 Å². The van der Waals surface area contributed by atoms with Crippen LogP contribution in [0.15, 0.2) is 30.3 Å². The van der Waals surface area contributed by atoms with Crippen molar-refractivity contribution in [3.05, 3.63) is 52.6 Å². The smallest absolute Gasteiger partial charge is 0.308 e. The van der Waals surface area contributed by atoms with E-state index in [-0.39, 0.29) is 6.03 Å². The predicted octanol–water partition coefficient (Wildman–Crippen LogP) is 5.17. The van der Waals surface area contributed by atoms with Crippen molar-refractivity contribution >= 4 is 38.4 Å². The van der Waals surface area contributed by atoms with Crippen molar-refractivity contribution in [3.8, 4) is 0 Å². The van der Waals surface area contributed by atoms with E-state index in [0.717, 1.165) is 27.0 Å². The van der Waals surface area contributed by atoms with E-state index < -0.39 is 0 Å². The van der Waals surface area contributed by atoms with E-state index in [1.807, 2.05) is 39.0 Å². The Labute approximate surface area is 139 Å². The fourth-order valence-corrected chi connectivity index (χ4v) is 3.54. The van der Waals surface area contributed by atoms with Gasteiger partial charge in [0.1, 0.15) is 0 Å². The Morgan fingerprint density at radius 3 is 2.48 bits per heavy atom. The maximum absolute atomic E-state index is 12.2. The van der Waals surface area contributed by atoms with E-state index in [0.29, 0.717) is 5.13 Å². The summed E-state index contributed by atoms with van der Waals surface area (Å²) < 4.78 is 1.09. The molecule has 0 saturated heterocycles. The number of benzene rings is 2. The molecule has 2 amide bonds. The van der Waals surface area contributed by atoms with Gasteiger partial charge in [0.25, 0.3) is 0 Å². The van der Waals surface area contributed by atoms with Gasteiger partial charge in [-0.15, -0.1) is 0 Å². The lowest BCUT2D eigenvalue weighted by atomic mass is 10.1. The summed E-state index contributed by atoms with van der Waals surface area (Å²) >= 11 is 1.49. The van der Waals surface area contributed by atoms with Crippen LogP contribution in [0.25, 0.3) is 10.2 Å². The maximum atomic E-state index is 12.2. The molecule has 1 aromatic heterocycles. The highest BCUT2D eigenvalue weighted by Crippen LogP contribution is 2.29. The molecule has 0 saturated carbocycles. The highest BCUT2D eigenvalue weighted by molar-refractivity contribution is 7.22. The normalized spacial score (nSPS) is 10.8. The van der Waals surface area contributed by atoms with Crippen LogP contribution in [0.3, 0.4) is 0 Å². The number of anilines is 2. The van der Waals surface area contributed by atoms with Crippen LogP contribution in [0.2, 0.25) is 0 Å². The predicted molar refractivity (Wildman–Crippen MR) is 97.7 cm³/mol. The molecule has 0 unspecified atom stereocenters. The summed E-state index contributed by atoms with van der Waals surface area (Å²) in [6.07, 6.45) is 0. The summed E-state index contributed by atoms with van der Waals surface area (Å²) in [6, 6.07) is 9.76. The zero-order chi connectivity index (χ0) is 16.6. The molecule has 118 valence electrons. The van der Waals surface area contributed by atoms with Crippen LogP contribution < -0.4 is 10.6 Å². The van der Waals surface area contributed by atoms with Gasteiger partial charge in [0.2, 0.25) is 0 Å². The molecule has 23 heavy (non-hydrogen) atoms. The fraction of sp³-hybridized carbons (Fsp3) is 0.222. The van der Waals surface area contributed by atoms with Crippen molar-refractivity contribution in [1.82, 2.24) is 4.98 Å². The Morgan fingerprint density at radius 2 is 1.74 bits per heavy atom. The number of carbonyl (C=O) groups is 1. The number of hydrogen-bond acceptors (Lipinski definition) is 3. The van der Waals surface area contributed by atoms with Gasteiger partial charge in [-0.2, -0.15) is 0 Å². The molecule has 1 heterocycles. The van der Waals surface area contributed by atoms with Crippen molar-refractivity contribution in [2.24, 2.45) is 0 Å². The van der Waals surface area contributed by atoms with Crippen molar-refractivity contribution in [2.45, 2.75) is 27.7 Å². The van der Waals surface area contributed by atoms with Crippen molar-refractivity contribution < 1.29 is 4.79 Å². The SMILES string of the molecule is Cc1cc(C)c2nc(NC(=O)Nc3ccc(C)c(C)c3)sc2c1. The summed E-state index contributed by atoms with van der Waals surface area (Å²) in [4.78, 5) is 16.7. The molecule has 3 aromatic rings. The number of rotatable bonds is 2. The van der Waals surface area contributed by atoms with Gasteiger partial charge < -0.3 is 5.32 Å². The van der Waals surface area contributed by atoms with Gasteiger partial charge in [0.05, 0.1) is 10.2 Å². The van der Waals surface area contributed by atoms with Gasteiger partial charge in [0, 0.05) is 5.69 Å². The number of urea groups is 1. The quantitative estimate of drug-likeness (QED) is 0.682. The second-order valence-corrected chi connectivity index (χ2v) is 6.86. The Morgan fingerprint density at radius 1 is 0.957 bits per heavy atom. The average molecular weight is 325 g/mol. The topological polar surface area (TPSA) is 54.0 Å². The van der Waals surface area contributed by atoms with Crippen molar-refractivity contribution in [2.75, 3.05) is 10.6 Å². The lowest BCUT2D eigenvalue weighted by molar-refractivity contribution is 0.262. The van der Waals surface area contributed by atoms with E-state index >= 15 is 0 Å². The summed E-state index contributed by atoms with van der Waals surface area (Å²) in [5, 5.41) is 6.27. The van der Waals surface area contributed by atoms with Crippen LogP contribution in [0, 0.1) is 27.7 Å². The zero-order valence-electron chi connectivity index (χ0n) is 13.7. The number of carbonyl (C=O) groups excluding carboxylic acids is 1. The van der Waals surface area contributed by atoms with Crippen LogP contribution in [-0.2, 0) is 0 Å². The van der Waals surface area contributed by atoms with Crippen LogP contribution >= 0.6 is 11.3 Å². The summed E-state index contributed by atoms with van der Waals surface area (Å²) in [6.45, 7) is 8.17. The maximum Gasteiger partial charge on any atom is 0.325 e. The van der Waals surface area contributed by atoms with E-state index in [1.54, 1.807) is 0 Å². The Kier molecular flexibility index (Phi) is 4.05. The molecule has 0 bridgehead atoms. The largest absolute Gasteiger partial charge is 0.325 e. The third-order valence-electron chi connectivity index (χ3n) is 3.82. The number of amides is 2. The fourth-order valence-electron chi connectivity index (χ4n) is 2.50. The third-order valence-corrected chi connectivity index (χ3v) is 4.73. The molecule has 0 aliphatic heterocycles. The molecule has 0 radical (unpaired) electrons. The van der Waals surface area contributed by atoms with Crippen LogP contribution in [0.4, 0.5) is 15.6 Å². The molecule has 2 N–H and O–H groups in total. The highest BCUT2D eigenvalue weighted by Gasteiger charge is 2.10. The Hall–Kier alpha value is -2.40. The molecule has 3 rings (SSSR count). The molecule has 0 atom stereocenters. The Bertz CT molecular complexity index is 899. The molecule has 4 nitrogen and oxygen atoms in total. The van der Waals surface area contributed by atoms with Gasteiger partial charge in [-0.3, -0.25) is 5.32 Å². The van der Waals surface area contributed by atoms with Gasteiger partial charge in [-0.25, -0.2) is 9.78 Å². The van der Waals surface area contributed by atoms with Crippen LogP contribution in [0.1, 0.15) is 22.3 Å². The standard InChI is InChI=1S/C18H19N3OS/c1-10-7-13(4)16-15(8-10)23-18(20-16)21-17(22)19-14-6-5-11(2)12(3)9-14/h5-9H,1-4H3,(H2,19,20,21,22). The van der Waals surface area contributed by atoms with Crippen molar-refractivity contribution in [3.63, 3.8) is 0 Å². The minimum absolute atomic E-state index is 0.276. The molecular weight excluding hydrogens is 306 g/mol. The zero-order valence-corrected chi connectivity index (χ0v) is 14.5. The Balaban J connectivity index is 1.77. The number of fused-ring (bicyclic) bond motifs is 1. The lowest BCUT2D eigenvalue weighted by Crippen LogP contribution is -2.19. The molecule has 0 aliphatic carbocycles. The summed E-state index contributed by atoms with van der Waals surface area (Å²) in [5.41, 5.74) is 6.39. The molecular formula is C18H19N3OS. The van der Waals surface area contributed by atoms with E-state index in [4.69, 9.17) is 0 Å². The monoisotopic (exact) mass is 325 g/mol. The van der Waals surface area contributed by atoms with E-state index in [9.17, 15) is 4.79 Å². The van der Waals surface area contributed by atoms with Crippen LogP contribution in [-0.4, -0.2) is 11.0 Å². The number of thiazole rings is 1. The third kappa shape index (κ3) is 3.35. The minimum Gasteiger partial charge on any atom is -0.308 e. The van der Waals surface area contributed by atoms with E-state index in [1.165, 1.54) is 22.5 Å². The number of hydrogen-bond donors (Lipinski definition) is 2. The second kappa shape index (κ2) is 6.01. The summed E-state index contributed by atoms with van der Waals surface area (Å²) in [7, 11) is 0. The number of aromatic nitrogens is 1. The van der Waals surface area contributed by atoms with Crippen LogP contribution in [0.5, 0.6) is 0 Å². The summed E-state index contributed by atoms with van der Waals surface area (Å²) in [5.74, 6) is 0. The van der Waals surface area contributed by atoms with Crippen molar-refractivity contribution in [1.29, 1.82) is 0 Å².